The topological polar surface area (TPSA) is 60.6 Å². The highest BCUT2D eigenvalue weighted by Gasteiger charge is 1.96. The van der Waals surface area contributed by atoms with Gasteiger partial charge in [-0.15, -0.1) is 0 Å². The van der Waals surface area contributed by atoms with Crippen LogP contribution in [-0.4, -0.2) is 50.3 Å². The molecule has 0 unspecified atom stereocenters. The first kappa shape index (κ1) is 12.7. The van der Waals surface area contributed by atoms with Crippen molar-refractivity contribution in [3.8, 4) is 5.88 Å². The number of aromatic nitrogens is 1. The first-order chi connectivity index (χ1) is 7.68. The van der Waals surface area contributed by atoms with Gasteiger partial charge in [0.25, 0.3) is 0 Å². The third kappa shape index (κ3) is 5.53. The molecule has 0 aliphatic heterocycles. The van der Waals surface area contributed by atoms with Gasteiger partial charge in [-0.05, 0) is 20.2 Å². The van der Waals surface area contributed by atoms with Crippen LogP contribution in [0.3, 0.4) is 0 Å². The number of hydrogen-bond acceptors (Lipinski definition) is 5. The fraction of sp³-hybridized carbons (Fsp3) is 0.545. The lowest BCUT2D eigenvalue weighted by Crippen LogP contribution is -2.19. The molecule has 0 aliphatic rings. The summed E-state index contributed by atoms with van der Waals surface area (Å²) < 4.78 is 10.7. The molecule has 0 bridgehead atoms. The first-order valence-electron chi connectivity index (χ1n) is 5.25. The van der Waals surface area contributed by atoms with Crippen molar-refractivity contribution in [1.29, 1.82) is 0 Å². The molecular weight excluding hydrogens is 206 g/mol. The number of likely N-dealkylation sites (N-methyl/N-ethyl adjacent to an activating group) is 1. The molecule has 1 rings (SSSR count). The van der Waals surface area contributed by atoms with E-state index in [-0.39, 0.29) is 0 Å². The third-order valence-corrected chi connectivity index (χ3v) is 1.92. The number of hydrogen-bond donors (Lipinski definition) is 1. The minimum Gasteiger partial charge on any atom is -0.475 e. The SMILES string of the molecule is CN(C)CCOCCOc1cc(N)ccn1. The minimum atomic E-state index is 0.490. The van der Waals surface area contributed by atoms with E-state index in [1.807, 2.05) is 14.1 Å². The normalized spacial score (nSPS) is 10.7. The number of anilines is 1. The predicted molar refractivity (Wildman–Crippen MR) is 63.5 cm³/mol. The average molecular weight is 225 g/mol. The van der Waals surface area contributed by atoms with Crippen LogP contribution in [0.1, 0.15) is 0 Å². The van der Waals surface area contributed by atoms with E-state index in [4.69, 9.17) is 15.2 Å². The van der Waals surface area contributed by atoms with Gasteiger partial charge in [-0.1, -0.05) is 0 Å². The summed E-state index contributed by atoms with van der Waals surface area (Å²) in [6.45, 7) is 2.67. The second-order valence-electron chi connectivity index (χ2n) is 3.69. The Hall–Kier alpha value is -1.33. The van der Waals surface area contributed by atoms with Gasteiger partial charge in [0.05, 0.1) is 13.2 Å². The summed E-state index contributed by atoms with van der Waals surface area (Å²) in [5.41, 5.74) is 6.24. The third-order valence-electron chi connectivity index (χ3n) is 1.92. The summed E-state index contributed by atoms with van der Waals surface area (Å²) in [5.74, 6) is 0.538. The molecule has 5 nitrogen and oxygen atoms in total. The lowest BCUT2D eigenvalue weighted by atomic mass is 10.4. The average Bonchev–Trinajstić information content (AvgIpc) is 2.23. The Morgan fingerprint density at radius 3 is 2.81 bits per heavy atom. The molecule has 1 aromatic heterocycles. The summed E-state index contributed by atoms with van der Waals surface area (Å²) in [6.07, 6.45) is 1.62. The Morgan fingerprint density at radius 1 is 1.31 bits per heavy atom. The van der Waals surface area contributed by atoms with E-state index in [9.17, 15) is 0 Å². The van der Waals surface area contributed by atoms with Crippen molar-refractivity contribution < 1.29 is 9.47 Å². The fourth-order valence-electron chi connectivity index (χ4n) is 1.06. The van der Waals surface area contributed by atoms with E-state index >= 15 is 0 Å². The zero-order valence-electron chi connectivity index (χ0n) is 9.85. The van der Waals surface area contributed by atoms with E-state index in [0.29, 0.717) is 31.4 Å². The van der Waals surface area contributed by atoms with Gasteiger partial charge in [0, 0.05) is 24.5 Å². The molecule has 0 amide bonds. The van der Waals surface area contributed by atoms with Crippen LogP contribution in [0.25, 0.3) is 0 Å². The van der Waals surface area contributed by atoms with Crippen LogP contribution >= 0.6 is 0 Å². The molecule has 0 fully saturated rings. The quantitative estimate of drug-likeness (QED) is 0.689. The highest BCUT2D eigenvalue weighted by Crippen LogP contribution is 2.09. The van der Waals surface area contributed by atoms with Crippen molar-refractivity contribution in [1.82, 2.24) is 9.88 Å². The molecule has 0 radical (unpaired) electrons. The van der Waals surface area contributed by atoms with Crippen molar-refractivity contribution in [3.05, 3.63) is 18.3 Å². The Labute approximate surface area is 96.2 Å². The monoisotopic (exact) mass is 225 g/mol. The predicted octanol–water partition coefficient (Wildman–Crippen LogP) is 0.621. The van der Waals surface area contributed by atoms with Gasteiger partial charge >= 0.3 is 0 Å². The molecule has 0 aliphatic carbocycles. The molecule has 2 N–H and O–H groups in total. The zero-order valence-corrected chi connectivity index (χ0v) is 9.85. The molecule has 0 atom stereocenters. The molecule has 16 heavy (non-hydrogen) atoms. The van der Waals surface area contributed by atoms with Crippen molar-refractivity contribution >= 4 is 5.69 Å². The minimum absolute atomic E-state index is 0.490. The van der Waals surface area contributed by atoms with E-state index in [1.165, 1.54) is 0 Å². The van der Waals surface area contributed by atoms with Crippen molar-refractivity contribution in [2.75, 3.05) is 46.2 Å². The molecule has 5 heteroatoms. The van der Waals surface area contributed by atoms with Crippen molar-refractivity contribution in [3.63, 3.8) is 0 Å². The molecule has 0 saturated heterocycles. The Kier molecular flexibility index (Phi) is 5.60. The second kappa shape index (κ2) is 7.03. The summed E-state index contributed by atoms with van der Waals surface area (Å²) in [6, 6.07) is 3.42. The molecule has 0 aromatic carbocycles. The Morgan fingerprint density at radius 2 is 2.12 bits per heavy atom. The molecule has 90 valence electrons. The lowest BCUT2D eigenvalue weighted by molar-refractivity contribution is 0.0877. The first-order valence-corrected chi connectivity index (χ1v) is 5.25. The molecule has 0 saturated carbocycles. The van der Waals surface area contributed by atoms with Gasteiger partial charge in [-0.3, -0.25) is 0 Å². The van der Waals surface area contributed by atoms with Crippen LogP contribution in [0, 0.1) is 0 Å². The van der Waals surface area contributed by atoms with Gasteiger partial charge in [-0.25, -0.2) is 4.98 Å². The van der Waals surface area contributed by atoms with E-state index < -0.39 is 0 Å². The molecule has 0 spiro atoms. The summed E-state index contributed by atoms with van der Waals surface area (Å²) in [7, 11) is 4.02. The lowest BCUT2D eigenvalue weighted by Gasteiger charge is -2.10. The van der Waals surface area contributed by atoms with Crippen LogP contribution in [0.2, 0.25) is 0 Å². The van der Waals surface area contributed by atoms with Crippen molar-refractivity contribution in [2.24, 2.45) is 0 Å². The Balaban J connectivity index is 2.07. The number of rotatable bonds is 7. The van der Waals surface area contributed by atoms with Gasteiger partial charge < -0.3 is 20.1 Å². The Bertz CT molecular complexity index is 305. The maximum atomic E-state index is 5.59. The number of nitrogen functional groups attached to an aromatic ring is 1. The van der Waals surface area contributed by atoms with Crippen molar-refractivity contribution in [2.45, 2.75) is 0 Å². The standard InChI is InChI=1S/C11H19N3O2/c1-14(2)5-6-15-7-8-16-11-9-10(12)3-4-13-11/h3-4,9H,5-8H2,1-2H3,(H2,12,13). The molecular formula is C11H19N3O2. The van der Waals surface area contributed by atoms with Crippen LogP contribution in [0.15, 0.2) is 18.3 Å². The summed E-state index contributed by atoms with van der Waals surface area (Å²) >= 11 is 0. The fourth-order valence-corrected chi connectivity index (χ4v) is 1.06. The van der Waals surface area contributed by atoms with Crippen LogP contribution in [-0.2, 0) is 4.74 Å². The highest BCUT2D eigenvalue weighted by atomic mass is 16.5. The van der Waals surface area contributed by atoms with E-state index in [0.717, 1.165) is 6.54 Å². The number of pyridine rings is 1. The number of ether oxygens (including phenoxy) is 2. The van der Waals surface area contributed by atoms with E-state index in [1.54, 1.807) is 18.3 Å². The van der Waals surface area contributed by atoms with E-state index in [2.05, 4.69) is 9.88 Å². The summed E-state index contributed by atoms with van der Waals surface area (Å²) in [5, 5.41) is 0. The number of nitrogens with two attached hydrogens (primary N) is 1. The molecule has 1 heterocycles. The van der Waals surface area contributed by atoms with Crippen LogP contribution in [0.5, 0.6) is 5.88 Å². The zero-order chi connectivity index (χ0) is 11.8. The highest BCUT2D eigenvalue weighted by molar-refractivity contribution is 5.39. The largest absolute Gasteiger partial charge is 0.475 e. The summed E-state index contributed by atoms with van der Waals surface area (Å²) in [4.78, 5) is 6.09. The van der Waals surface area contributed by atoms with Gasteiger partial charge in [0.15, 0.2) is 0 Å². The van der Waals surface area contributed by atoms with Gasteiger partial charge in [-0.2, -0.15) is 0 Å². The smallest absolute Gasteiger partial charge is 0.215 e. The van der Waals surface area contributed by atoms with Gasteiger partial charge in [0.1, 0.15) is 6.61 Å². The van der Waals surface area contributed by atoms with Gasteiger partial charge in [0.2, 0.25) is 5.88 Å². The second-order valence-corrected chi connectivity index (χ2v) is 3.69. The maximum Gasteiger partial charge on any atom is 0.215 e. The maximum absolute atomic E-state index is 5.59. The number of nitrogens with zero attached hydrogens (tertiary/aromatic N) is 2. The van der Waals surface area contributed by atoms with Crippen LogP contribution in [0.4, 0.5) is 5.69 Å². The van der Waals surface area contributed by atoms with Crippen LogP contribution < -0.4 is 10.5 Å². The molecule has 1 aromatic rings.